The molecule has 0 aliphatic carbocycles. The summed E-state index contributed by atoms with van der Waals surface area (Å²) in [5.41, 5.74) is 3.06. The molecule has 1 aliphatic rings. The minimum absolute atomic E-state index is 0.0332. The summed E-state index contributed by atoms with van der Waals surface area (Å²) >= 11 is 6.52. The molecule has 3 aromatic rings. The van der Waals surface area contributed by atoms with E-state index in [0.29, 0.717) is 14.4 Å². The first-order valence-corrected chi connectivity index (χ1v) is 11.2. The number of aromatic amines is 1. The van der Waals surface area contributed by atoms with E-state index in [9.17, 15) is 13.9 Å². The van der Waals surface area contributed by atoms with Gasteiger partial charge in [0.25, 0.3) is 0 Å². The van der Waals surface area contributed by atoms with Crippen LogP contribution in [0.15, 0.2) is 48.5 Å². The van der Waals surface area contributed by atoms with E-state index in [0.717, 1.165) is 62.0 Å². The zero-order valence-corrected chi connectivity index (χ0v) is 18.4. The lowest BCUT2D eigenvalue weighted by atomic mass is 9.97. The summed E-state index contributed by atoms with van der Waals surface area (Å²) in [5, 5.41) is 10.4. The molecule has 0 atom stereocenters. The summed E-state index contributed by atoms with van der Waals surface area (Å²) in [4.78, 5) is 5.79. The molecule has 2 N–H and O–H groups in total. The second-order valence-electron chi connectivity index (χ2n) is 7.26. The topological polar surface area (TPSA) is 48.5 Å². The van der Waals surface area contributed by atoms with Gasteiger partial charge in [-0.15, -0.1) is 11.3 Å². The first kappa shape index (κ1) is 21.8. The second-order valence-corrected chi connectivity index (χ2v) is 8.95. The summed E-state index contributed by atoms with van der Waals surface area (Å²) in [5.74, 6) is -1.73. The normalized spacial score (nSPS) is 15.4. The highest BCUT2D eigenvalue weighted by atomic mass is 32.1. The third-order valence-corrected chi connectivity index (χ3v) is 6.46. The van der Waals surface area contributed by atoms with Crippen LogP contribution in [0.1, 0.15) is 16.9 Å². The molecule has 0 spiro atoms. The molecule has 0 bridgehead atoms. The number of aromatic hydroxyl groups is 1. The Morgan fingerprint density at radius 3 is 2.61 bits per heavy atom. The van der Waals surface area contributed by atoms with Crippen LogP contribution < -0.4 is 0 Å². The molecule has 0 radical (unpaired) electrons. The molecule has 2 heterocycles. The summed E-state index contributed by atoms with van der Waals surface area (Å²) in [7, 11) is 0. The summed E-state index contributed by atoms with van der Waals surface area (Å²) in [6.45, 7) is 4.18. The number of benzene rings is 2. The van der Waals surface area contributed by atoms with E-state index in [4.69, 9.17) is 17.0 Å². The minimum Gasteiger partial charge on any atom is -0.494 e. The predicted molar refractivity (Wildman–Crippen MR) is 122 cm³/mol. The van der Waals surface area contributed by atoms with Gasteiger partial charge < -0.3 is 14.8 Å². The zero-order chi connectivity index (χ0) is 21.8. The first-order valence-electron chi connectivity index (χ1n) is 10.00. The van der Waals surface area contributed by atoms with Crippen molar-refractivity contribution < 1.29 is 18.6 Å². The van der Waals surface area contributed by atoms with Gasteiger partial charge in [-0.05, 0) is 53.5 Å². The van der Waals surface area contributed by atoms with E-state index in [-0.39, 0.29) is 5.88 Å². The van der Waals surface area contributed by atoms with Gasteiger partial charge in [0.15, 0.2) is 15.6 Å². The maximum Gasteiger partial charge on any atom is 0.208 e. The lowest BCUT2D eigenvalue weighted by molar-refractivity contribution is 0.0387. The monoisotopic (exact) mass is 460 g/mol. The van der Waals surface area contributed by atoms with Gasteiger partial charge in [-0.2, -0.15) is 0 Å². The van der Waals surface area contributed by atoms with Crippen LogP contribution >= 0.6 is 23.6 Å². The van der Waals surface area contributed by atoms with Crippen molar-refractivity contribution in [2.75, 3.05) is 32.8 Å². The van der Waals surface area contributed by atoms with Crippen molar-refractivity contribution in [1.82, 2.24) is 9.88 Å². The molecule has 1 fully saturated rings. The SMILES string of the molecule is Oc1[nH]c(=S)sc1C(=CCCN1CCOCC1)c1cccc(-c2ccc(F)c(F)c2)c1. The summed E-state index contributed by atoms with van der Waals surface area (Å²) in [6.07, 6.45) is 2.88. The maximum atomic E-state index is 13.7. The average Bonchev–Trinajstić information content (AvgIpc) is 3.11. The predicted octanol–water partition coefficient (Wildman–Crippen LogP) is 5.61. The third kappa shape index (κ3) is 5.27. The molecule has 1 aliphatic heterocycles. The third-order valence-electron chi connectivity index (χ3n) is 5.20. The Bertz CT molecular complexity index is 1150. The van der Waals surface area contributed by atoms with Crippen molar-refractivity contribution in [3.05, 3.63) is 74.6 Å². The average molecular weight is 461 g/mol. The van der Waals surface area contributed by atoms with E-state index >= 15 is 0 Å². The van der Waals surface area contributed by atoms with Gasteiger partial charge in [-0.1, -0.05) is 30.3 Å². The fourth-order valence-corrected chi connectivity index (χ4v) is 4.74. The Kier molecular flexibility index (Phi) is 6.92. The number of H-pyrrole nitrogens is 1. The van der Waals surface area contributed by atoms with Crippen LogP contribution in [0.3, 0.4) is 0 Å². The number of nitrogens with zero attached hydrogens (tertiary/aromatic N) is 1. The summed E-state index contributed by atoms with van der Waals surface area (Å²) in [6, 6.07) is 11.4. The fourth-order valence-electron chi connectivity index (χ4n) is 3.60. The molecule has 1 saturated heterocycles. The van der Waals surface area contributed by atoms with Gasteiger partial charge in [0.1, 0.15) is 0 Å². The van der Waals surface area contributed by atoms with E-state index in [1.165, 1.54) is 17.4 Å². The molecule has 31 heavy (non-hydrogen) atoms. The zero-order valence-electron chi connectivity index (χ0n) is 16.7. The van der Waals surface area contributed by atoms with Crippen molar-refractivity contribution >= 4 is 29.1 Å². The molecule has 0 saturated carbocycles. The van der Waals surface area contributed by atoms with Crippen LogP contribution in [0.4, 0.5) is 8.78 Å². The van der Waals surface area contributed by atoms with Crippen molar-refractivity contribution in [2.45, 2.75) is 6.42 Å². The van der Waals surface area contributed by atoms with E-state index in [1.807, 2.05) is 24.3 Å². The van der Waals surface area contributed by atoms with Crippen molar-refractivity contribution in [3.63, 3.8) is 0 Å². The number of thiazole rings is 1. The number of halogens is 2. The highest BCUT2D eigenvalue weighted by molar-refractivity contribution is 7.73. The molecule has 0 unspecified atom stereocenters. The van der Waals surface area contributed by atoms with E-state index in [1.54, 1.807) is 6.07 Å². The molecule has 0 amide bonds. The Morgan fingerprint density at radius 2 is 1.90 bits per heavy atom. The van der Waals surface area contributed by atoms with Crippen LogP contribution in [-0.2, 0) is 4.74 Å². The molecule has 2 aromatic carbocycles. The van der Waals surface area contributed by atoms with Gasteiger partial charge in [0.2, 0.25) is 5.88 Å². The number of nitrogens with one attached hydrogen (secondary N) is 1. The van der Waals surface area contributed by atoms with Crippen LogP contribution in [0.5, 0.6) is 5.88 Å². The van der Waals surface area contributed by atoms with Crippen LogP contribution in [0, 0.1) is 15.6 Å². The number of rotatable bonds is 6. The van der Waals surface area contributed by atoms with Gasteiger partial charge in [0.05, 0.1) is 18.1 Å². The Balaban J connectivity index is 1.67. The molecular formula is C23H22F2N2O2S2. The van der Waals surface area contributed by atoms with Gasteiger partial charge >= 0.3 is 0 Å². The van der Waals surface area contributed by atoms with E-state index < -0.39 is 11.6 Å². The van der Waals surface area contributed by atoms with Crippen molar-refractivity contribution in [3.8, 4) is 17.0 Å². The number of ether oxygens (including phenoxy) is 1. The molecule has 4 rings (SSSR count). The first-order chi connectivity index (χ1) is 15.0. The molecule has 1 aromatic heterocycles. The van der Waals surface area contributed by atoms with Crippen molar-refractivity contribution in [1.29, 1.82) is 0 Å². The van der Waals surface area contributed by atoms with Crippen LogP contribution in [0.2, 0.25) is 0 Å². The number of hydrogen-bond acceptors (Lipinski definition) is 5. The highest BCUT2D eigenvalue weighted by Crippen LogP contribution is 2.36. The molecule has 8 heteroatoms. The number of aromatic nitrogens is 1. The number of morpholine rings is 1. The Hall–Kier alpha value is -2.39. The molecule has 4 nitrogen and oxygen atoms in total. The lowest BCUT2D eigenvalue weighted by Gasteiger charge is -2.26. The smallest absolute Gasteiger partial charge is 0.208 e. The highest BCUT2D eigenvalue weighted by Gasteiger charge is 2.15. The van der Waals surface area contributed by atoms with Gasteiger partial charge in [0, 0.05) is 25.2 Å². The van der Waals surface area contributed by atoms with E-state index in [2.05, 4.69) is 16.0 Å². The van der Waals surface area contributed by atoms with Gasteiger partial charge in [-0.3, -0.25) is 4.90 Å². The minimum atomic E-state index is -0.884. The Labute approximate surface area is 188 Å². The largest absolute Gasteiger partial charge is 0.494 e. The lowest BCUT2D eigenvalue weighted by Crippen LogP contribution is -2.36. The quantitative estimate of drug-likeness (QED) is 0.470. The van der Waals surface area contributed by atoms with Gasteiger partial charge in [-0.25, -0.2) is 8.78 Å². The van der Waals surface area contributed by atoms with Crippen LogP contribution in [-0.4, -0.2) is 47.8 Å². The maximum absolute atomic E-state index is 13.7. The summed E-state index contributed by atoms with van der Waals surface area (Å²) < 4.78 is 33.0. The van der Waals surface area contributed by atoms with Crippen molar-refractivity contribution in [2.24, 2.45) is 0 Å². The fraction of sp³-hybridized carbons (Fsp3) is 0.261. The Morgan fingerprint density at radius 1 is 1.13 bits per heavy atom. The van der Waals surface area contributed by atoms with Crippen LogP contribution in [0.25, 0.3) is 16.7 Å². The standard InChI is InChI=1S/C23H22F2N2O2S2/c24-19-7-6-16(14-20(19)25)15-3-1-4-17(13-15)18(21-22(28)26-23(30)31-21)5-2-8-27-9-11-29-12-10-27/h1,3-7,13-14,28H,2,8-12H2,(H,26,30). The number of hydrogen-bond donors (Lipinski definition) is 2. The molecular weight excluding hydrogens is 438 g/mol. The second kappa shape index (κ2) is 9.82. The molecule has 162 valence electrons.